The van der Waals surface area contributed by atoms with Gasteiger partial charge in [-0.15, -0.1) is 6.42 Å². The van der Waals surface area contributed by atoms with E-state index >= 15 is 0 Å². The van der Waals surface area contributed by atoms with E-state index in [-0.39, 0.29) is 95.4 Å². The number of benzene rings is 5. The first-order valence-electron chi connectivity index (χ1n) is 40.2. The Hall–Kier alpha value is -16.8. The summed E-state index contributed by atoms with van der Waals surface area (Å²) in [6.07, 6.45) is 24.8. The molecule has 0 aliphatic rings. The second-order valence-electron chi connectivity index (χ2n) is 29.4. The number of aromatic nitrogens is 13. The lowest BCUT2D eigenvalue weighted by molar-refractivity contribution is 0.0926. The smallest absolute Gasteiger partial charge is 0.287 e. The van der Waals surface area contributed by atoms with Crippen molar-refractivity contribution in [1.82, 2.24) is 62.5 Å². The van der Waals surface area contributed by atoms with Gasteiger partial charge >= 0.3 is 0 Å². The third-order valence-electron chi connectivity index (χ3n) is 20.7. The van der Waals surface area contributed by atoms with E-state index in [1.807, 2.05) is 178 Å². The van der Waals surface area contributed by atoms with Crippen LogP contribution < -0.4 is 27.8 Å². The minimum absolute atomic E-state index is 0.0155. The number of Topliss-reactive ketones (excluding diaryl/α,β-unsaturated/α-hetero) is 5. The highest BCUT2D eigenvalue weighted by molar-refractivity contribution is 5.98. The quantitative estimate of drug-likeness (QED) is 0.0310. The zero-order valence-corrected chi connectivity index (χ0v) is 71.0. The summed E-state index contributed by atoms with van der Waals surface area (Å²) in [6.45, 7) is 24.6. The lowest BCUT2D eigenvalue weighted by Gasteiger charge is -2.08. The highest BCUT2D eigenvalue weighted by Gasteiger charge is 2.25. The van der Waals surface area contributed by atoms with Crippen LogP contribution in [0.3, 0.4) is 0 Å². The Kier molecular flexibility index (Phi) is 31.5. The third-order valence-corrected chi connectivity index (χ3v) is 20.7. The molecule has 0 bridgehead atoms. The van der Waals surface area contributed by atoms with Crippen LogP contribution in [0.15, 0.2) is 309 Å². The summed E-state index contributed by atoms with van der Waals surface area (Å²) in [5.41, 5.74) is 12.6. The molecule has 0 amide bonds. The number of hydrogen-bond acceptors (Lipinski definition) is 18. The van der Waals surface area contributed by atoms with Gasteiger partial charge in [0, 0.05) is 95.3 Å². The normalized spacial score (nSPS) is 10.5. The summed E-state index contributed by atoms with van der Waals surface area (Å²) in [7, 11) is 0. The molecular weight excluding hydrogens is 1620 g/mol. The van der Waals surface area contributed by atoms with Crippen molar-refractivity contribution in [1.29, 1.82) is 5.26 Å². The lowest BCUT2D eigenvalue weighted by atomic mass is 10.1. The molecule has 0 saturated carbocycles. The van der Waals surface area contributed by atoms with E-state index in [1.54, 1.807) is 76.8 Å². The van der Waals surface area contributed by atoms with Gasteiger partial charge in [0.05, 0.1) is 99.0 Å². The number of nitriles is 1. The van der Waals surface area contributed by atoms with Crippen LogP contribution in [-0.2, 0) is 65.2 Å². The molecule has 0 atom stereocenters. The SMILES string of the molecule is C#Cc1ccc(=O)n(CC(=O)c2onc(Cc3ccccc3)c2C)c1.C=Cc1cc(C#N)c(=O)n(CC(=O)c2cnn(Cc3ccccc3)c2C)c1.C=Cc1cc(F)c(=O)n(CC(=O)c2cnn(Cc3ccccc3)c2C)c1.C=Cc1ccc(=O)n(CC(=O)c2onc(Cc3ccccc3)c2C)c1.C=Cc1cccn(CC(=O)c2cnn(Cc3ccccc3)c2C)c1=O. The van der Waals surface area contributed by atoms with Crippen molar-refractivity contribution in [2.45, 2.75) is 99.8 Å². The molecule has 0 unspecified atom stereocenters. The van der Waals surface area contributed by atoms with Gasteiger partial charge < -0.3 is 31.9 Å². The molecule has 0 radical (unpaired) electrons. The minimum atomic E-state index is -0.910. The molecule has 0 saturated heterocycles. The summed E-state index contributed by atoms with van der Waals surface area (Å²) in [6, 6.07) is 63.0. The molecule has 0 aliphatic carbocycles. The van der Waals surface area contributed by atoms with Crippen LogP contribution in [-0.4, -0.2) is 91.4 Å². The molecular formula is C101H89FN14O12. The molecule has 26 nitrogen and oxygen atoms in total. The number of carbonyl (C=O) groups is 5. The van der Waals surface area contributed by atoms with Gasteiger partial charge in [-0.2, -0.15) is 20.6 Å². The number of hydrogen-bond donors (Lipinski definition) is 0. The maximum absolute atomic E-state index is 13.7. The molecule has 27 heteroatoms. The molecule has 128 heavy (non-hydrogen) atoms. The van der Waals surface area contributed by atoms with Crippen LogP contribution >= 0.6 is 0 Å². The van der Waals surface area contributed by atoms with Crippen molar-refractivity contribution >= 4 is 53.2 Å². The summed E-state index contributed by atoms with van der Waals surface area (Å²) in [5.74, 6) is 0.619. The number of terminal acetylenes is 1. The average molecular weight is 1710 g/mol. The van der Waals surface area contributed by atoms with Gasteiger partial charge in [-0.25, -0.2) is 4.39 Å². The van der Waals surface area contributed by atoms with E-state index < -0.39 is 16.9 Å². The minimum Gasteiger partial charge on any atom is -0.352 e. The number of rotatable bonds is 29. The van der Waals surface area contributed by atoms with Crippen molar-refractivity contribution in [2.24, 2.45) is 0 Å². The van der Waals surface area contributed by atoms with E-state index in [2.05, 4.69) is 57.8 Å². The van der Waals surface area contributed by atoms with Crippen molar-refractivity contribution in [2.75, 3.05) is 0 Å². The zero-order chi connectivity index (χ0) is 91.5. The van der Waals surface area contributed by atoms with Crippen LogP contribution in [0.2, 0.25) is 0 Å². The molecule has 15 rings (SSSR count). The Morgan fingerprint density at radius 2 is 0.781 bits per heavy atom. The molecule has 5 aromatic carbocycles. The average Bonchev–Trinajstić information content (AvgIpc) is 1.57. The first-order valence-corrected chi connectivity index (χ1v) is 40.2. The molecule has 15 aromatic rings. The summed E-state index contributed by atoms with van der Waals surface area (Å²) < 4.78 is 35.8. The van der Waals surface area contributed by atoms with E-state index in [0.717, 1.165) is 61.1 Å². The predicted octanol–water partition coefficient (Wildman–Crippen LogP) is 14.7. The third kappa shape index (κ3) is 23.7. The van der Waals surface area contributed by atoms with Crippen LogP contribution in [0, 0.1) is 64.1 Å². The first kappa shape index (κ1) is 91.9. The molecule has 10 aromatic heterocycles. The topological polar surface area (TPSA) is 325 Å². The molecule has 0 N–H and O–H groups in total. The molecule has 10 heterocycles. The van der Waals surface area contributed by atoms with Crippen LogP contribution in [0.4, 0.5) is 4.39 Å². The standard InChI is InChI=1S/C21H18N4O2.C20H18FN3O2.C20H19N3O2.C20H18N2O3.C20H16N2O3/c1-3-16-9-18(10-22)21(27)24(12-16)14-20(26)19-11-23-25(15(19)2)13-17-7-5-4-6-8-17;1-3-15-9-18(21)20(26)23(11-15)13-19(25)17-10-22-24(14(17)2)12-16-7-5-4-6-8-16;1-3-17-10-7-11-22(20(17)25)14-19(24)18-12-21-23(15(18)2)13-16-8-5-4-6-9-16;2*1-3-15-9-10-19(24)22(12-15)13-18(23)20-14(2)17(21-25-20)11-16-7-5-4-6-8-16/h3-9,11-12H,1,13-14H2,2H3;3-11H,1,12-13H2,2H3;3-12H,1,13-14H2,2H3;3-10,12H,1,11,13H2,2H3;1,4-10,12H,11,13H2,2H3. The van der Waals surface area contributed by atoms with E-state index in [1.165, 1.54) is 85.7 Å². The van der Waals surface area contributed by atoms with Gasteiger partial charge in [-0.3, -0.25) is 62.0 Å². The lowest BCUT2D eigenvalue weighted by Crippen LogP contribution is -2.26. The number of ketones is 5. The van der Waals surface area contributed by atoms with Gasteiger partial charge in [-0.1, -0.05) is 219 Å². The fraction of sp³-hybridized carbons (Fsp3) is 0.149. The highest BCUT2D eigenvalue weighted by atomic mass is 19.1. The Bertz CT molecular complexity index is 6910. The largest absolute Gasteiger partial charge is 0.352 e. The summed E-state index contributed by atoms with van der Waals surface area (Å²) in [4.78, 5) is 123. The predicted molar refractivity (Wildman–Crippen MR) is 487 cm³/mol. The number of carbonyl (C=O) groups excluding carboxylic acids is 5. The summed E-state index contributed by atoms with van der Waals surface area (Å²) >= 11 is 0. The second-order valence-corrected chi connectivity index (χ2v) is 29.4. The van der Waals surface area contributed by atoms with Gasteiger partial charge in [0.1, 0.15) is 11.6 Å². The van der Waals surface area contributed by atoms with Gasteiger partial charge in [-0.05, 0) is 116 Å². The number of halogens is 1. The summed E-state index contributed by atoms with van der Waals surface area (Å²) in [5, 5.41) is 30.0. The van der Waals surface area contributed by atoms with Gasteiger partial charge in [0.25, 0.3) is 27.8 Å². The number of nitrogens with zero attached hydrogens (tertiary/aromatic N) is 14. The van der Waals surface area contributed by atoms with Crippen molar-refractivity contribution in [3.8, 4) is 18.4 Å². The monoisotopic (exact) mass is 1710 g/mol. The molecule has 0 fully saturated rings. The van der Waals surface area contributed by atoms with Crippen molar-refractivity contribution in [3.05, 3.63) is 463 Å². The Morgan fingerprint density at radius 1 is 0.414 bits per heavy atom. The zero-order valence-electron chi connectivity index (χ0n) is 71.0. The Balaban J connectivity index is 0.000000155. The first-order chi connectivity index (χ1) is 61.8. The van der Waals surface area contributed by atoms with Crippen molar-refractivity contribution in [3.63, 3.8) is 0 Å². The van der Waals surface area contributed by atoms with E-state index in [9.17, 15) is 52.3 Å². The van der Waals surface area contributed by atoms with Crippen LogP contribution in [0.1, 0.15) is 153 Å². The second kappa shape index (κ2) is 43.8. The van der Waals surface area contributed by atoms with Crippen LogP contribution in [0.5, 0.6) is 0 Å². The fourth-order valence-corrected chi connectivity index (χ4v) is 13.4. The highest BCUT2D eigenvalue weighted by Crippen LogP contribution is 2.22. The molecule has 0 aliphatic heterocycles. The molecule has 0 spiro atoms. The van der Waals surface area contributed by atoms with E-state index in [4.69, 9.17) is 20.7 Å². The molecule has 642 valence electrons. The maximum Gasteiger partial charge on any atom is 0.287 e. The van der Waals surface area contributed by atoms with E-state index in [0.29, 0.717) is 93.9 Å². The Labute approximate surface area is 735 Å². The van der Waals surface area contributed by atoms with Gasteiger partial charge in [0.15, 0.2) is 23.2 Å². The Morgan fingerprint density at radius 3 is 1.18 bits per heavy atom. The fourth-order valence-electron chi connectivity index (χ4n) is 13.4. The maximum atomic E-state index is 13.7. The number of pyridine rings is 5. The van der Waals surface area contributed by atoms with Crippen LogP contribution in [0.25, 0.3) is 24.3 Å². The van der Waals surface area contributed by atoms with Gasteiger partial charge in [0.2, 0.25) is 23.1 Å². The van der Waals surface area contributed by atoms with Crippen molar-refractivity contribution < 1.29 is 37.4 Å².